The lowest BCUT2D eigenvalue weighted by Crippen LogP contribution is -2.13. The summed E-state index contributed by atoms with van der Waals surface area (Å²) in [7, 11) is 1.56. The molecule has 1 heterocycles. The number of hydrogen-bond donors (Lipinski definition) is 3. The standard InChI is InChI=1S/C19H16N6O2/c1-27-14-9-7-13(8-10-14)24-25-17-16(22-12-5-3-2-4-6-12)15(11-20)18(21)23-19(17)26/h2-10H,1H3,(H4,21,22,23,26). The smallest absolute Gasteiger partial charge is 0.279 e. The molecule has 4 N–H and O–H groups in total. The van der Waals surface area contributed by atoms with Crippen molar-refractivity contribution >= 4 is 28.6 Å². The molecule has 0 bridgehead atoms. The minimum absolute atomic E-state index is 0.0377. The van der Waals surface area contributed by atoms with Crippen molar-refractivity contribution in [2.45, 2.75) is 0 Å². The third kappa shape index (κ3) is 3.93. The van der Waals surface area contributed by atoms with Gasteiger partial charge in [-0.2, -0.15) is 10.4 Å². The Morgan fingerprint density at radius 3 is 2.44 bits per heavy atom. The predicted molar refractivity (Wildman–Crippen MR) is 103 cm³/mol. The Kier molecular flexibility index (Phi) is 5.14. The Bertz CT molecular complexity index is 1070. The van der Waals surface area contributed by atoms with Gasteiger partial charge in [-0.15, -0.1) is 5.11 Å². The van der Waals surface area contributed by atoms with Crippen molar-refractivity contribution in [3.63, 3.8) is 0 Å². The van der Waals surface area contributed by atoms with Crippen LogP contribution in [-0.2, 0) is 0 Å². The number of azo groups is 1. The Balaban J connectivity index is 2.06. The van der Waals surface area contributed by atoms with Gasteiger partial charge in [0.1, 0.15) is 23.2 Å². The molecule has 27 heavy (non-hydrogen) atoms. The number of anilines is 3. The van der Waals surface area contributed by atoms with Crippen molar-refractivity contribution < 1.29 is 4.74 Å². The van der Waals surface area contributed by atoms with Crippen LogP contribution in [0, 0.1) is 11.3 Å². The van der Waals surface area contributed by atoms with E-state index in [0.717, 1.165) is 0 Å². The third-order valence-electron chi connectivity index (χ3n) is 3.71. The van der Waals surface area contributed by atoms with Crippen molar-refractivity contribution in [2.24, 2.45) is 10.2 Å². The number of nitrogens with one attached hydrogen (secondary N) is 2. The molecule has 0 fully saturated rings. The molecule has 3 rings (SSSR count). The van der Waals surface area contributed by atoms with Crippen LogP contribution in [-0.4, -0.2) is 12.1 Å². The van der Waals surface area contributed by atoms with Gasteiger partial charge in [0.15, 0.2) is 5.69 Å². The number of pyridine rings is 1. The molecule has 0 saturated heterocycles. The number of nitrogens with two attached hydrogens (primary N) is 1. The molecule has 2 aromatic carbocycles. The second-order valence-corrected chi connectivity index (χ2v) is 5.47. The van der Waals surface area contributed by atoms with E-state index in [-0.39, 0.29) is 22.8 Å². The zero-order chi connectivity index (χ0) is 19.2. The zero-order valence-corrected chi connectivity index (χ0v) is 14.4. The van der Waals surface area contributed by atoms with Crippen LogP contribution in [0.15, 0.2) is 69.6 Å². The number of ether oxygens (including phenoxy) is 1. The highest BCUT2D eigenvalue weighted by Crippen LogP contribution is 2.32. The predicted octanol–water partition coefficient (Wildman–Crippen LogP) is 4.00. The maximum atomic E-state index is 12.4. The molecular formula is C19H16N6O2. The van der Waals surface area contributed by atoms with Gasteiger partial charge >= 0.3 is 0 Å². The summed E-state index contributed by atoms with van der Waals surface area (Å²) in [5.41, 5.74) is 6.68. The number of nitrogen functional groups attached to an aromatic ring is 1. The summed E-state index contributed by atoms with van der Waals surface area (Å²) in [5.74, 6) is 0.641. The molecule has 134 valence electrons. The Morgan fingerprint density at radius 2 is 1.81 bits per heavy atom. The SMILES string of the molecule is COc1ccc(N=Nc2c(Nc3ccccc3)c(C#N)c(N)[nH]c2=O)cc1. The number of para-hydroxylation sites is 1. The summed E-state index contributed by atoms with van der Waals surface area (Å²) in [6.07, 6.45) is 0. The van der Waals surface area contributed by atoms with E-state index in [1.165, 1.54) is 0 Å². The van der Waals surface area contributed by atoms with E-state index in [9.17, 15) is 10.1 Å². The van der Waals surface area contributed by atoms with E-state index in [1.54, 1.807) is 43.5 Å². The molecule has 8 heteroatoms. The number of nitriles is 1. The highest BCUT2D eigenvalue weighted by atomic mass is 16.5. The number of aromatic amines is 1. The van der Waals surface area contributed by atoms with Crippen LogP contribution in [0.3, 0.4) is 0 Å². The highest BCUT2D eigenvalue weighted by molar-refractivity contribution is 5.81. The van der Waals surface area contributed by atoms with E-state index in [4.69, 9.17) is 10.5 Å². The van der Waals surface area contributed by atoms with Gasteiger partial charge in [0.05, 0.1) is 18.5 Å². The normalized spacial score (nSPS) is 10.5. The fourth-order valence-corrected chi connectivity index (χ4v) is 2.37. The molecular weight excluding hydrogens is 344 g/mol. The molecule has 1 aromatic heterocycles. The molecule has 8 nitrogen and oxygen atoms in total. The average molecular weight is 360 g/mol. The number of nitrogens with zero attached hydrogens (tertiary/aromatic N) is 3. The number of methoxy groups -OCH3 is 1. The van der Waals surface area contributed by atoms with Crippen LogP contribution >= 0.6 is 0 Å². The van der Waals surface area contributed by atoms with Crippen LogP contribution < -0.4 is 21.3 Å². The largest absolute Gasteiger partial charge is 0.497 e. The lowest BCUT2D eigenvalue weighted by atomic mass is 10.2. The van der Waals surface area contributed by atoms with Crippen LogP contribution in [0.1, 0.15) is 5.56 Å². The summed E-state index contributed by atoms with van der Waals surface area (Å²) in [5, 5.41) is 20.6. The molecule has 0 unspecified atom stereocenters. The molecule has 0 atom stereocenters. The van der Waals surface area contributed by atoms with E-state index >= 15 is 0 Å². The highest BCUT2D eigenvalue weighted by Gasteiger charge is 2.17. The first-order valence-electron chi connectivity index (χ1n) is 7.96. The Hall–Kier alpha value is -4.12. The van der Waals surface area contributed by atoms with E-state index in [1.807, 2.05) is 24.3 Å². The van der Waals surface area contributed by atoms with Gasteiger partial charge in [-0.05, 0) is 36.4 Å². The number of rotatable bonds is 5. The van der Waals surface area contributed by atoms with Crippen molar-refractivity contribution in [1.29, 1.82) is 5.26 Å². The first-order valence-corrected chi connectivity index (χ1v) is 7.96. The van der Waals surface area contributed by atoms with Crippen LogP contribution in [0.25, 0.3) is 0 Å². The zero-order valence-electron chi connectivity index (χ0n) is 14.4. The van der Waals surface area contributed by atoms with Gasteiger partial charge in [0, 0.05) is 5.69 Å². The second kappa shape index (κ2) is 7.84. The number of H-pyrrole nitrogens is 1. The van der Waals surface area contributed by atoms with Gasteiger partial charge in [-0.3, -0.25) is 4.79 Å². The van der Waals surface area contributed by atoms with Gasteiger partial charge in [-0.1, -0.05) is 18.2 Å². The average Bonchev–Trinajstić information content (AvgIpc) is 2.69. The van der Waals surface area contributed by atoms with Gasteiger partial charge < -0.3 is 20.8 Å². The summed E-state index contributed by atoms with van der Waals surface area (Å²) < 4.78 is 5.09. The van der Waals surface area contributed by atoms with Crippen molar-refractivity contribution in [3.05, 3.63) is 70.5 Å². The fraction of sp³-hybridized carbons (Fsp3) is 0.0526. The third-order valence-corrected chi connectivity index (χ3v) is 3.71. The molecule has 0 saturated carbocycles. The maximum absolute atomic E-state index is 12.4. The number of benzene rings is 2. The second-order valence-electron chi connectivity index (χ2n) is 5.47. The minimum Gasteiger partial charge on any atom is -0.497 e. The van der Waals surface area contributed by atoms with Crippen molar-refractivity contribution in [1.82, 2.24) is 4.98 Å². The maximum Gasteiger partial charge on any atom is 0.279 e. The quantitative estimate of drug-likeness (QED) is 0.592. The first kappa shape index (κ1) is 17.7. The van der Waals surface area contributed by atoms with Gasteiger partial charge in [0.2, 0.25) is 0 Å². The van der Waals surface area contributed by atoms with Crippen molar-refractivity contribution in [2.75, 3.05) is 18.2 Å². The molecule has 0 spiro atoms. The van der Waals surface area contributed by atoms with E-state index in [2.05, 4.69) is 20.5 Å². The van der Waals surface area contributed by atoms with Gasteiger partial charge in [-0.25, -0.2) is 0 Å². The minimum atomic E-state index is -0.554. The topological polar surface area (TPSA) is 129 Å². The molecule has 0 aliphatic heterocycles. The van der Waals surface area contributed by atoms with Crippen LogP contribution in [0.2, 0.25) is 0 Å². The van der Waals surface area contributed by atoms with E-state index < -0.39 is 5.56 Å². The lowest BCUT2D eigenvalue weighted by molar-refractivity contribution is 0.415. The molecule has 0 radical (unpaired) electrons. The first-order chi connectivity index (χ1) is 13.1. The molecule has 0 aliphatic carbocycles. The van der Waals surface area contributed by atoms with Gasteiger partial charge in [0.25, 0.3) is 5.56 Å². The summed E-state index contributed by atoms with van der Waals surface area (Å²) in [4.78, 5) is 14.8. The number of aromatic nitrogens is 1. The van der Waals surface area contributed by atoms with Crippen LogP contribution in [0.4, 0.5) is 28.6 Å². The summed E-state index contributed by atoms with van der Waals surface area (Å²) in [6.45, 7) is 0. The van der Waals surface area contributed by atoms with Crippen LogP contribution in [0.5, 0.6) is 5.75 Å². The summed E-state index contributed by atoms with van der Waals surface area (Å²) in [6, 6.07) is 17.9. The van der Waals surface area contributed by atoms with E-state index in [0.29, 0.717) is 17.1 Å². The Labute approximate surface area is 154 Å². The molecule has 0 aliphatic rings. The molecule has 3 aromatic rings. The monoisotopic (exact) mass is 360 g/mol. The fourth-order valence-electron chi connectivity index (χ4n) is 2.37. The lowest BCUT2D eigenvalue weighted by Gasteiger charge is -2.11. The number of hydrogen-bond acceptors (Lipinski definition) is 7. The van der Waals surface area contributed by atoms with Crippen molar-refractivity contribution in [3.8, 4) is 11.8 Å². The Morgan fingerprint density at radius 1 is 1.11 bits per heavy atom. The molecule has 0 amide bonds. The summed E-state index contributed by atoms with van der Waals surface area (Å²) >= 11 is 0.